The minimum absolute atomic E-state index is 0.00376. The van der Waals surface area contributed by atoms with E-state index in [-0.39, 0.29) is 5.91 Å². The third-order valence-electron chi connectivity index (χ3n) is 1.69. The lowest BCUT2D eigenvalue weighted by Crippen LogP contribution is -2.23. The molecule has 14 heavy (non-hydrogen) atoms. The first-order valence-corrected chi connectivity index (χ1v) is 6.85. The fourth-order valence-electron chi connectivity index (χ4n) is 0.975. The number of nitrogens with one attached hydrogen (secondary N) is 1. The molecule has 0 radical (unpaired) electrons. The van der Waals surface area contributed by atoms with Gasteiger partial charge in [0.15, 0.2) is 0 Å². The Balaban J connectivity index is 2.29. The van der Waals surface area contributed by atoms with E-state index in [1.807, 2.05) is 6.92 Å². The molecular formula is C9H13IN2OS. The SMILES string of the molecule is Cc1ncc(C(=O)NCCCCI)s1. The van der Waals surface area contributed by atoms with Crippen LogP contribution >= 0.6 is 33.9 Å². The Hall–Kier alpha value is -0.170. The number of nitrogens with zero attached hydrogens (tertiary/aromatic N) is 1. The Morgan fingerprint density at radius 3 is 3.00 bits per heavy atom. The maximum absolute atomic E-state index is 11.5. The van der Waals surface area contributed by atoms with Crippen LogP contribution < -0.4 is 5.32 Å². The van der Waals surface area contributed by atoms with Crippen molar-refractivity contribution < 1.29 is 4.79 Å². The Morgan fingerprint density at radius 2 is 2.43 bits per heavy atom. The third-order valence-corrected chi connectivity index (χ3v) is 3.37. The number of thiazole rings is 1. The van der Waals surface area contributed by atoms with Gasteiger partial charge in [-0.1, -0.05) is 22.6 Å². The summed E-state index contributed by atoms with van der Waals surface area (Å²) in [6, 6.07) is 0. The van der Waals surface area contributed by atoms with Gasteiger partial charge in [-0.3, -0.25) is 4.79 Å². The first kappa shape index (κ1) is 11.9. The second-order valence-electron chi connectivity index (χ2n) is 2.90. The lowest BCUT2D eigenvalue weighted by molar-refractivity contribution is 0.0957. The van der Waals surface area contributed by atoms with Crippen LogP contribution in [0.3, 0.4) is 0 Å². The topological polar surface area (TPSA) is 42.0 Å². The smallest absolute Gasteiger partial charge is 0.263 e. The Bertz CT molecular complexity index is 301. The summed E-state index contributed by atoms with van der Waals surface area (Å²) in [5.41, 5.74) is 0. The van der Waals surface area contributed by atoms with Crippen LogP contribution in [0.15, 0.2) is 6.20 Å². The number of carbonyl (C=O) groups excluding carboxylic acids is 1. The van der Waals surface area contributed by atoms with Crippen LogP contribution in [0.5, 0.6) is 0 Å². The molecule has 5 heteroatoms. The van der Waals surface area contributed by atoms with E-state index in [1.165, 1.54) is 11.3 Å². The maximum Gasteiger partial charge on any atom is 0.263 e. The second-order valence-corrected chi connectivity index (χ2v) is 5.21. The highest BCUT2D eigenvalue weighted by atomic mass is 127. The lowest BCUT2D eigenvalue weighted by Gasteiger charge is -2.01. The van der Waals surface area contributed by atoms with Crippen LogP contribution in [0.2, 0.25) is 0 Å². The fourth-order valence-corrected chi connectivity index (χ4v) is 2.21. The quantitative estimate of drug-likeness (QED) is 0.513. The van der Waals surface area contributed by atoms with Crippen LogP contribution in [0.4, 0.5) is 0 Å². The van der Waals surface area contributed by atoms with Crippen LogP contribution in [-0.2, 0) is 0 Å². The van der Waals surface area contributed by atoms with Crippen molar-refractivity contribution in [1.82, 2.24) is 10.3 Å². The molecule has 0 aliphatic rings. The summed E-state index contributed by atoms with van der Waals surface area (Å²) >= 11 is 3.77. The van der Waals surface area contributed by atoms with Crippen LogP contribution in [0, 0.1) is 6.92 Å². The summed E-state index contributed by atoms with van der Waals surface area (Å²) in [5, 5.41) is 3.81. The summed E-state index contributed by atoms with van der Waals surface area (Å²) in [6.45, 7) is 2.66. The van der Waals surface area contributed by atoms with Gasteiger partial charge < -0.3 is 5.32 Å². The van der Waals surface area contributed by atoms with Gasteiger partial charge in [0.25, 0.3) is 5.91 Å². The molecule has 0 saturated heterocycles. The molecule has 1 heterocycles. The number of amides is 1. The van der Waals surface area contributed by atoms with Crippen molar-refractivity contribution in [3.05, 3.63) is 16.1 Å². The van der Waals surface area contributed by atoms with Gasteiger partial charge in [0.1, 0.15) is 4.88 Å². The summed E-state index contributed by atoms with van der Waals surface area (Å²) in [5.74, 6) is 0.00376. The molecule has 0 fully saturated rings. The van der Waals surface area contributed by atoms with E-state index >= 15 is 0 Å². The molecule has 1 rings (SSSR count). The van der Waals surface area contributed by atoms with E-state index in [1.54, 1.807) is 6.20 Å². The minimum atomic E-state index is 0.00376. The highest BCUT2D eigenvalue weighted by Gasteiger charge is 2.07. The monoisotopic (exact) mass is 324 g/mol. The number of hydrogen-bond donors (Lipinski definition) is 1. The summed E-state index contributed by atoms with van der Waals surface area (Å²) in [7, 11) is 0. The standard InChI is InChI=1S/C9H13IN2OS/c1-7-12-6-8(14-7)9(13)11-5-3-2-4-10/h6H,2-5H2,1H3,(H,11,13). The Morgan fingerprint density at radius 1 is 1.64 bits per heavy atom. The molecule has 1 amide bonds. The zero-order valence-corrected chi connectivity index (χ0v) is 11.0. The van der Waals surface area contributed by atoms with Crippen molar-refractivity contribution in [3.63, 3.8) is 0 Å². The molecule has 78 valence electrons. The summed E-state index contributed by atoms with van der Waals surface area (Å²) in [4.78, 5) is 16.2. The molecular weight excluding hydrogens is 311 g/mol. The molecule has 3 nitrogen and oxygen atoms in total. The van der Waals surface area contributed by atoms with Crippen molar-refractivity contribution in [3.8, 4) is 0 Å². The van der Waals surface area contributed by atoms with Crippen molar-refractivity contribution in [2.45, 2.75) is 19.8 Å². The number of aryl methyl sites for hydroxylation is 1. The number of unbranched alkanes of at least 4 members (excludes halogenated alkanes) is 1. The predicted octanol–water partition coefficient (Wildman–Crippen LogP) is 2.40. The molecule has 0 aromatic carbocycles. The number of rotatable bonds is 5. The number of aromatic nitrogens is 1. The molecule has 0 bridgehead atoms. The molecule has 0 unspecified atom stereocenters. The van der Waals surface area contributed by atoms with Gasteiger partial charge in [-0.15, -0.1) is 11.3 Å². The minimum Gasteiger partial charge on any atom is -0.351 e. The summed E-state index contributed by atoms with van der Waals surface area (Å²) < 4.78 is 1.15. The predicted molar refractivity (Wildman–Crippen MR) is 67.3 cm³/mol. The third kappa shape index (κ3) is 3.91. The second kappa shape index (κ2) is 6.34. The number of hydrogen-bond acceptors (Lipinski definition) is 3. The Labute approximate surface area is 101 Å². The zero-order chi connectivity index (χ0) is 10.4. The number of carbonyl (C=O) groups is 1. The first-order valence-electron chi connectivity index (χ1n) is 4.50. The first-order chi connectivity index (χ1) is 6.74. The van der Waals surface area contributed by atoms with E-state index in [0.29, 0.717) is 4.88 Å². The van der Waals surface area contributed by atoms with Crippen LogP contribution in [-0.4, -0.2) is 21.9 Å². The van der Waals surface area contributed by atoms with E-state index in [0.717, 1.165) is 28.8 Å². The van der Waals surface area contributed by atoms with Crippen molar-refractivity contribution in [2.24, 2.45) is 0 Å². The fraction of sp³-hybridized carbons (Fsp3) is 0.556. The Kier molecular flexibility index (Phi) is 5.39. The van der Waals surface area contributed by atoms with E-state index < -0.39 is 0 Å². The van der Waals surface area contributed by atoms with Crippen LogP contribution in [0.25, 0.3) is 0 Å². The van der Waals surface area contributed by atoms with Crippen molar-refractivity contribution in [1.29, 1.82) is 0 Å². The van der Waals surface area contributed by atoms with E-state index in [2.05, 4.69) is 32.9 Å². The van der Waals surface area contributed by atoms with Crippen molar-refractivity contribution >= 4 is 39.8 Å². The molecule has 0 saturated carbocycles. The van der Waals surface area contributed by atoms with Gasteiger partial charge in [0.2, 0.25) is 0 Å². The largest absolute Gasteiger partial charge is 0.351 e. The molecule has 1 aromatic heterocycles. The van der Waals surface area contributed by atoms with Gasteiger partial charge in [0, 0.05) is 6.54 Å². The highest BCUT2D eigenvalue weighted by Crippen LogP contribution is 2.10. The summed E-state index contributed by atoms with van der Waals surface area (Å²) in [6.07, 6.45) is 3.84. The van der Waals surface area contributed by atoms with Crippen LogP contribution in [0.1, 0.15) is 27.5 Å². The van der Waals surface area contributed by atoms with Gasteiger partial charge in [-0.2, -0.15) is 0 Å². The van der Waals surface area contributed by atoms with Gasteiger partial charge in [-0.25, -0.2) is 4.98 Å². The van der Waals surface area contributed by atoms with Gasteiger partial charge in [0.05, 0.1) is 11.2 Å². The number of alkyl halides is 1. The zero-order valence-electron chi connectivity index (χ0n) is 8.05. The van der Waals surface area contributed by atoms with Gasteiger partial charge >= 0.3 is 0 Å². The highest BCUT2D eigenvalue weighted by molar-refractivity contribution is 14.1. The maximum atomic E-state index is 11.5. The molecule has 0 aliphatic heterocycles. The normalized spacial score (nSPS) is 10.1. The van der Waals surface area contributed by atoms with Crippen molar-refractivity contribution in [2.75, 3.05) is 11.0 Å². The van der Waals surface area contributed by atoms with E-state index in [9.17, 15) is 4.79 Å². The molecule has 0 spiro atoms. The van der Waals surface area contributed by atoms with Gasteiger partial charge in [-0.05, 0) is 24.2 Å². The molecule has 0 aliphatic carbocycles. The molecule has 1 N–H and O–H groups in total. The molecule has 0 atom stereocenters. The lowest BCUT2D eigenvalue weighted by atomic mass is 10.3. The molecule has 1 aromatic rings. The van der Waals surface area contributed by atoms with E-state index in [4.69, 9.17) is 0 Å². The average Bonchev–Trinajstić information content (AvgIpc) is 2.59. The average molecular weight is 324 g/mol. The number of halogens is 1.